The van der Waals surface area contributed by atoms with Gasteiger partial charge in [-0.2, -0.15) is 10.2 Å². The normalized spacial score (nSPS) is 27.4. The van der Waals surface area contributed by atoms with Gasteiger partial charge in [0.05, 0.1) is 30.4 Å². The Morgan fingerprint density at radius 1 is 1.38 bits per heavy atom. The predicted octanol–water partition coefficient (Wildman–Crippen LogP) is 1.55. The Morgan fingerprint density at radius 3 is 2.94 bits per heavy atom. The monoisotopic (exact) mass is 438 g/mol. The molecule has 1 saturated carbocycles. The van der Waals surface area contributed by atoms with Gasteiger partial charge in [-0.1, -0.05) is 5.16 Å². The van der Waals surface area contributed by atoms with Crippen molar-refractivity contribution in [3.8, 4) is 6.07 Å². The fraction of sp³-hybridized carbons (Fsp3) is 0.476. The van der Waals surface area contributed by atoms with Crippen molar-refractivity contribution in [1.29, 1.82) is 5.26 Å². The Balaban J connectivity index is 1.42. The molecule has 1 N–H and O–H groups in total. The summed E-state index contributed by atoms with van der Waals surface area (Å²) in [6.45, 7) is 0.804. The Morgan fingerprint density at radius 2 is 2.22 bits per heavy atom. The minimum absolute atomic E-state index is 0.126. The van der Waals surface area contributed by atoms with E-state index >= 15 is 0 Å². The smallest absolute Gasteiger partial charge is 0.254 e. The zero-order valence-corrected chi connectivity index (χ0v) is 16.9. The second-order valence-electron chi connectivity index (χ2n) is 8.54. The summed E-state index contributed by atoms with van der Waals surface area (Å²) in [5, 5.41) is 23.8. The molecule has 3 unspecified atom stereocenters. The van der Waals surface area contributed by atoms with Crippen LogP contribution in [0.2, 0.25) is 0 Å². The van der Waals surface area contributed by atoms with E-state index in [1.54, 1.807) is 4.90 Å². The number of fused-ring (bicyclic) bond motifs is 3. The summed E-state index contributed by atoms with van der Waals surface area (Å²) in [4.78, 5) is 25.5. The fourth-order valence-electron chi connectivity index (χ4n) is 4.59. The van der Waals surface area contributed by atoms with E-state index in [0.29, 0.717) is 25.1 Å². The molecule has 6 rings (SSSR count). The highest BCUT2D eigenvalue weighted by Crippen LogP contribution is 2.47. The lowest BCUT2D eigenvalue weighted by Gasteiger charge is -2.40. The van der Waals surface area contributed by atoms with Gasteiger partial charge >= 0.3 is 0 Å². The van der Waals surface area contributed by atoms with Gasteiger partial charge in [0, 0.05) is 6.61 Å². The van der Waals surface area contributed by atoms with Crippen LogP contribution in [0.25, 0.3) is 0 Å². The second kappa shape index (κ2) is 6.82. The molecule has 164 valence electrons. The Labute approximate surface area is 181 Å². The van der Waals surface area contributed by atoms with Crippen LogP contribution in [-0.2, 0) is 15.1 Å². The standard InChI is InChI=1S/C21H19FN6O4/c22-13-3-4-14-16(12(13)8-23)27(9-11-2-1-7-31-11)19(29)17-15(24-10-28(14)17)18-25-20(26-32-18)21(30)5-6-21/h3-4,10-11,15,17,30H,1-2,5-7,9H2. The molecular weight excluding hydrogens is 419 g/mol. The van der Waals surface area contributed by atoms with Gasteiger partial charge in [-0.05, 0) is 37.8 Å². The van der Waals surface area contributed by atoms with Crippen molar-refractivity contribution in [2.75, 3.05) is 23.0 Å². The molecule has 4 aliphatic rings. The number of carbonyl (C=O) groups excluding carboxylic acids is 1. The van der Waals surface area contributed by atoms with Crippen LogP contribution >= 0.6 is 0 Å². The highest BCUT2D eigenvalue weighted by Gasteiger charge is 2.51. The van der Waals surface area contributed by atoms with Crippen molar-refractivity contribution in [2.24, 2.45) is 4.99 Å². The Kier molecular flexibility index (Phi) is 4.12. The number of benzene rings is 1. The van der Waals surface area contributed by atoms with Crippen molar-refractivity contribution < 1.29 is 23.6 Å². The first-order valence-corrected chi connectivity index (χ1v) is 10.5. The number of halogens is 1. The number of nitrogens with zero attached hydrogens (tertiary/aromatic N) is 6. The zero-order valence-electron chi connectivity index (χ0n) is 16.9. The lowest BCUT2D eigenvalue weighted by Crippen LogP contribution is -2.55. The number of hydrogen-bond donors (Lipinski definition) is 1. The number of rotatable bonds is 4. The molecule has 32 heavy (non-hydrogen) atoms. The molecule has 1 saturated heterocycles. The van der Waals surface area contributed by atoms with Gasteiger partial charge in [-0.3, -0.25) is 9.79 Å². The third-order valence-corrected chi connectivity index (χ3v) is 6.48. The minimum Gasteiger partial charge on any atom is -0.382 e. The molecule has 3 atom stereocenters. The van der Waals surface area contributed by atoms with Gasteiger partial charge < -0.3 is 24.2 Å². The fourth-order valence-corrected chi connectivity index (χ4v) is 4.59. The summed E-state index contributed by atoms with van der Waals surface area (Å²) in [6.07, 6.45) is 4.04. The van der Waals surface area contributed by atoms with Crippen molar-refractivity contribution in [2.45, 2.75) is 49.5 Å². The summed E-state index contributed by atoms with van der Waals surface area (Å²) in [5.74, 6) is -0.736. The largest absolute Gasteiger partial charge is 0.382 e. The molecule has 1 aromatic carbocycles. The number of anilines is 2. The molecule has 0 spiro atoms. The number of ether oxygens (including phenoxy) is 1. The van der Waals surface area contributed by atoms with Gasteiger partial charge in [0.15, 0.2) is 6.04 Å². The molecule has 0 bridgehead atoms. The van der Waals surface area contributed by atoms with E-state index in [0.717, 1.165) is 12.8 Å². The maximum absolute atomic E-state index is 14.5. The number of aliphatic hydroxyl groups is 1. The van der Waals surface area contributed by atoms with Gasteiger partial charge in [0.1, 0.15) is 29.1 Å². The van der Waals surface area contributed by atoms with E-state index in [1.165, 1.54) is 23.4 Å². The molecule has 10 nitrogen and oxygen atoms in total. The van der Waals surface area contributed by atoms with Crippen LogP contribution in [0.4, 0.5) is 15.8 Å². The maximum atomic E-state index is 14.5. The van der Waals surface area contributed by atoms with Crippen LogP contribution in [0.1, 0.15) is 49.0 Å². The summed E-state index contributed by atoms with van der Waals surface area (Å²) in [7, 11) is 0. The number of carbonyl (C=O) groups is 1. The summed E-state index contributed by atoms with van der Waals surface area (Å²) in [5.41, 5.74) is -0.551. The Bertz CT molecular complexity index is 1180. The number of nitriles is 1. The first kappa shape index (κ1) is 19.3. The molecule has 1 amide bonds. The molecule has 1 aliphatic carbocycles. The number of aromatic nitrogens is 2. The average Bonchev–Trinajstić information content (AvgIpc) is 3.25. The lowest BCUT2D eigenvalue weighted by atomic mass is 9.98. The zero-order chi connectivity index (χ0) is 22.0. The van der Waals surface area contributed by atoms with Crippen molar-refractivity contribution in [3.63, 3.8) is 0 Å². The van der Waals surface area contributed by atoms with Gasteiger partial charge in [0.2, 0.25) is 5.82 Å². The summed E-state index contributed by atoms with van der Waals surface area (Å²) < 4.78 is 25.6. The van der Waals surface area contributed by atoms with Crippen molar-refractivity contribution in [3.05, 3.63) is 35.2 Å². The van der Waals surface area contributed by atoms with Crippen LogP contribution in [-0.4, -0.2) is 52.8 Å². The highest BCUT2D eigenvalue weighted by molar-refractivity contribution is 6.13. The van der Waals surface area contributed by atoms with Gasteiger partial charge in [-0.25, -0.2) is 4.39 Å². The van der Waals surface area contributed by atoms with E-state index in [9.17, 15) is 19.6 Å². The van der Waals surface area contributed by atoms with Gasteiger partial charge in [-0.15, -0.1) is 0 Å². The molecular formula is C21H19FN6O4. The van der Waals surface area contributed by atoms with Crippen LogP contribution in [0.3, 0.4) is 0 Å². The van der Waals surface area contributed by atoms with Gasteiger partial charge in [0.25, 0.3) is 11.8 Å². The third kappa shape index (κ3) is 2.76. The van der Waals surface area contributed by atoms with Crippen LogP contribution in [0.15, 0.2) is 21.6 Å². The van der Waals surface area contributed by atoms with Crippen LogP contribution < -0.4 is 9.80 Å². The van der Waals surface area contributed by atoms with E-state index in [2.05, 4.69) is 15.1 Å². The number of amides is 1. The quantitative estimate of drug-likeness (QED) is 0.761. The van der Waals surface area contributed by atoms with Crippen molar-refractivity contribution in [1.82, 2.24) is 10.1 Å². The lowest BCUT2D eigenvalue weighted by molar-refractivity contribution is -0.120. The van der Waals surface area contributed by atoms with E-state index in [-0.39, 0.29) is 41.5 Å². The maximum Gasteiger partial charge on any atom is 0.254 e. The van der Waals surface area contributed by atoms with E-state index in [4.69, 9.17) is 9.26 Å². The number of hydrogen-bond acceptors (Lipinski definition) is 9. The third-order valence-electron chi connectivity index (χ3n) is 6.48. The SMILES string of the molecule is N#Cc1c(F)ccc2c1N(CC1CCCO1)C(=O)C1C(c3nc(C4(O)CC4)no3)N=CN21. The average molecular weight is 438 g/mol. The molecule has 2 aromatic rings. The first-order chi connectivity index (χ1) is 15.5. The van der Waals surface area contributed by atoms with Crippen LogP contribution in [0, 0.1) is 17.1 Å². The predicted molar refractivity (Wildman–Crippen MR) is 107 cm³/mol. The van der Waals surface area contributed by atoms with Crippen molar-refractivity contribution >= 4 is 23.6 Å². The topological polar surface area (TPSA) is 128 Å². The molecule has 11 heteroatoms. The van der Waals surface area contributed by atoms with Crippen LogP contribution in [0.5, 0.6) is 0 Å². The number of aliphatic imine (C=N–C) groups is 1. The molecule has 1 aromatic heterocycles. The second-order valence-corrected chi connectivity index (χ2v) is 8.54. The summed E-state index contributed by atoms with van der Waals surface area (Å²) in [6, 6.07) is 3.03. The molecule has 0 radical (unpaired) electrons. The minimum atomic E-state index is -1.07. The first-order valence-electron chi connectivity index (χ1n) is 10.5. The van der Waals surface area contributed by atoms with E-state index < -0.39 is 23.5 Å². The van der Waals surface area contributed by atoms with E-state index in [1.807, 2.05) is 6.07 Å². The Hall–Kier alpha value is -3.36. The highest BCUT2D eigenvalue weighted by atomic mass is 19.1. The molecule has 2 fully saturated rings. The molecule has 4 heterocycles. The summed E-state index contributed by atoms with van der Waals surface area (Å²) >= 11 is 0. The molecule has 3 aliphatic heterocycles.